The predicted octanol–water partition coefficient (Wildman–Crippen LogP) is 5.17. The Hall–Kier alpha value is -1.33. The topological polar surface area (TPSA) is 16.1 Å². The highest BCUT2D eigenvalue weighted by molar-refractivity contribution is 5.29. The largest absolute Gasteiger partial charge is 0.292 e. The maximum Gasteiger partial charge on any atom is 0.113 e. The summed E-state index contributed by atoms with van der Waals surface area (Å²) in [6.07, 6.45) is 9.82. The highest BCUT2D eigenvalue weighted by Crippen LogP contribution is 2.39. The van der Waals surface area contributed by atoms with Crippen LogP contribution in [0.5, 0.6) is 0 Å². The lowest BCUT2D eigenvalue weighted by molar-refractivity contribution is 0.164. The van der Waals surface area contributed by atoms with Gasteiger partial charge in [-0.15, -0.1) is 0 Å². The molecule has 1 aromatic heterocycles. The van der Waals surface area contributed by atoms with Gasteiger partial charge in [-0.1, -0.05) is 39.7 Å². The van der Waals surface area contributed by atoms with E-state index in [1.807, 2.05) is 6.20 Å². The number of nitrogens with zero attached hydrogens (tertiary/aromatic N) is 2. The summed E-state index contributed by atoms with van der Waals surface area (Å²) < 4.78 is 0. The van der Waals surface area contributed by atoms with Crippen LogP contribution in [0.4, 0.5) is 0 Å². The summed E-state index contributed by atoms with van der Waals surface area (Å²) in [7, 11) is 0. The Morgan fingerprint density at radius 3 is 2.40 bits per heavy atom. The lowest BCUT2D eigenvalue weighted by Crippen LogP contribution is -2.26. The van der Waals surface area contributed by atoms with Crippen molar-refractivity contribution in [2.24, 2.45) is 17.8 Å². The molecule has 138 valence electrons. The summed E-state index contributed by atoms with van der Waals surface area (Å²) in [5.74, 6) is 9.21. The molecule has 0 amide bonds. The average molecular weight is 341 g/mol. The van der Waals surface area contributed by atoms with Crippen LogP contribution < -0.4 is 0 Å². The fourth-order valence-electron chi connectivity index (χ4n) is 4.00. The molecule has 0 N–H and O–H groups in total. The number of pyridine rings is 1. The monoisotopic (exact) mass is 340 g/mol. The second-order valence-electron chi connectivity index (χ2n) is 8.17. The molecule has 0 aliphatic heterocycles. The third-order valence-corrected chi connectivity index (χ3v) is 5.09. The van der Waals surface area contributed by atoms with Crippen LogP contribution in [-0.4, -0.2) is 29.5 Å². The SMILES string of the molecule is CCCN(CC#Cc1ccc(CC2CC(CC(C)C)C2)cn1)CCC. The van der Waals surface area contributed by atoms with Gasteiger partial charge in [-0.3, -0.25) is 4.90 Å². The smallest absolute Gasteiger partial charge is 0.113 e. The molecule has 1 aliphatic carbocycles. The van der Waals surface area contributed by atoms with Crippen molar-refractivity contribution >= 4 is 0 Å². The molecule has 1 fully saturated rings. The first-order valence-electron chi connectivity index (χ1n) is 10.3. The van der Waals surface area contributed by atoms with Crippen molar-refractivity contribution in [2.45, 2.75) is 66.2 Å². The molecular weight excluding hydrogens is 304 g/mol. The van der Waals surface area contributed by atoms with Crippen LogP contribution in [0.15, 0.2) is 18.3 Å². The van der Waals surface area contributed by atoms with E-state index in [2.05, 4.69) is 61.6 Å². The fourth-order valence-corrected chi connectivity index (χ4v) is 4.00. The van der Waals surface area contributed by atoms with E-state index in [-0.39, 0.29) is 0 Å². The molecule has 0 saturated heterocycles. The van der Waals surface area contributed by atoms with Crippen LogP contribution in [-0.2, 0) is 6.42 Å². The van der Waals surface area contributed by atoms with Crippen molar-refractivity contribution < 1.29 is 0 Å². The third-order valence-electron chi connectivity index (χ3n) is 5.09. The molecule has 1 aliphatic rings. The van der Waals surface area contributed by atoms with Gasteiger partial charge < -0.3 is 0 Å². The zero-order valence-electron chi connectivity index (χ0n) is 16.7. The van der Waals surface area contributed by atoms with Crippen LogP contribution in [0.25, 0.3) is 0 Å². The lowest BCUT2D eigenvalue weighted by Gasteiger charge is -2.36. The van der Waals surface area contributed by atoms with Gasteiger partial charge in [0.25, 0.3) is 0 Å². The highest BCUT2D eigenvalue weighted by Gasteiger charge is 2.29. The summed E-state index contributed by atoms with van der Waals surface area (Å²) in [5.41, 5.74) is 2.28. The average Bonchev–Trinajstić information content (AvgIpc) is 2.54. The molecule has 2 rings (SSSR count). The third kappa shape index (κ3) is 7.20. The van der Waals surface area contributed by atoms with Crippen LogP contribution in [0.2, 0.25) is 0 Å². The minimum Gasteiger partial charge on any atom is -0.292 e. The molecule has 1 heterocycles. The summed E-state index contributed by atoms with van der Waals surface area (Å²) in [6, 6.07) is 4.32. The Kier molecular flexibility index (Phi) is 8.49. The van der Waals surface area contributed by atoms with Gasteiger partial charge in [0, 0.05) is 6.20 Å². The summed E-state index contributed by atoms with van der Waals surface area (Å²) in [6.45, 7) is 12.2. The second kappa shape index (κ2) is 10.6. The molecule has 2 nitrogen and oxygen atoms in total. The lowest BCUT2D eigenvalue weighted by atomic mass is 9.69. The van der Waals surface area contributed by atoms with E-state index in [1.54, 1.807) is 0 Å². The number of hydrogen-bond donors (Lipinski definition) is 0. The minimum atomic E-state index is 0.844. The van der Waals surface area contributed by atoms with Crippen molar-refractivity contribution in [3.05, 3.63) is 29.6 Å². The minimum absolute atomic E-state index is 0.844. The predicted molar refractivity (Wildman–Crippen MR) is 108 cm³/mol. The summed E-state index contributed by atoms with van der Waals surface area (Å²) in [4.78, 5) is 6.98. The van der Waals surface area contributed by atoms with Gasteiger partial charge in [0.1, 0.15) is 5.69 Å². The molecule has 0 atom stereocenters. The van der Waals surface area contributed by atoms with Crippen LogP contribution in [0.3, 0.4) is 0 Å². The Labute approximate surface area is 155 Å². The zero-order valence-corrected chi connectivity index (χ0v) is 16.7. The zero-order chi connectivity index (χ0) is 18.1. The van der Waals surface area contributed by atoms with Gasteiger partial charge in [0.2, 0.25) is 0 Å². The van der Waals surface area contributed by atoms with Crippen molar-refractivity contribution in [1.82, 2.24) is 9.88 Å². The number of rotatable bonds is 9. The Morgan fingerprint density at radius 2 is 1.84 bits per heavy atom. The van der Waals surface area contributed by atoms with Crippen molar-refractivity contribution in [1.29, 1.82) is 0 Å². The molecular formula is C23H36N2. The van der Waals surface area contributed by atoms with Crippen molar-refractivity contribution in [3.63, 3.8) is 0 Å². The van der Waals surface area contributed by atoms with Crippen LogP contribution in [0, 0.1) is 29.6 Å². The van der Waals surface area contributed by atoms with Crippen molar-refractivity contribution in [2.75, 3.05) is 19.6 Å². The van der Waals surface area contributed by atoms with Gasteiger partial charge in [-0.2, -0.15) is 0 Å². The van der Waals surface area contributed by atoms with Gasteiger partial charge in [0.15, 0.2) is 0 Å². The van der Waals surface area contributed by atoms with E-state index in [0.29, 0.717) is 0 Å². The first-order valence-corrected chi connectivity index (χ1v) is 10.3. The van der Waals surface area contributed by atoms with E-state index in [1.165, 1.54) is 44.1 Å². The molecule has 25 heavy (non-hydrogen) atoms. The van der Waals surface area contributed by atoms with E-state index in [0.717, 1.165) is 43.1 Å². The first kappa shape index (κ1) is 20.0. The maximum absolute atomic E-state index is 4.55. The molecule has 1 saturated carbocycles. The summed E-state index contributed by atoms with van der Waals surface area (Å²) in [5, 5.41) is 0. The van der Waals surface area contributed by atoms with Gasteiger partial charge >= 0.3 is 0 Å². The first-order chi connectivity index (χ1) is 12.1. The normalized spacial score (nSPS) is 19.6. The van der Waals surface area contributed by atoms with Gasteiger partial charge in [-0.25, -0.2) is 4.98 Å². The Balaban J connectivity index is 1.76. The van der Waals surface area contributed by atoms with Crippen LogP contribution >= 0.6 is 0 Å². The molecule has 0 radical (unpaired) electrons. The molecule has 1 aromatic rings. The molecule has 2 heteroatoms. The molecule has 0 aromatic carbocycles. The Morgan fingerprint density at radius 1 is 1.12 bits per heavy atom. The second-order valence-corrected chi connectivity index (χ2v) is 8.17. The summed E-state index contributed by atoms with van der Waals surface area (Å²) >= 11 is 0. The Bertz CT molecular complexity index is 538. The fraction of sp³-hybridized carbons (Fsp3) is 0.696. The standard InChI is InChI=1S/C23H36N2/c1-5-11-25(12-6-2)13-7-8-23-10-9-20(18-24-23)15-22-16-21(17-22)14-19(3)4/h9-10,18-19,21-22H,5-6,11-17H2,1-4H3. The van der Waals surface area contributed by atoms with Gasteiger partial charge in [0.05, 0.1) is 6.54 Å². The number of aromatic nitrogens is 1. The van der Waals surface area contributed by atoms with Crippen molar-refractivity contribution in [3.8, 4) is 11.8 Å². The van der Waals surface area contributed by atoms with E-state index in [9.17, 15) is 0 Å². The quantitative estimate of drug-likeness (QED) is 0.577. The van der Waals surface area contributed by atoms with E-state index >= 15 is 0 Å². The maximum atomic E-state index is 4.55. The van der Waals surface area contributed by atoms with Gasteiger partial charge in [-0.05, 0) is 86.9 Å². The van der Waals surface area contributed by atoms with E-state index in [4.69, 9.17) is 0 Å². The van der Waals surface area contributed by atoms with Crippen LogP contribution in [0.1, 0.15) is 71.1 Å². The van der Waals surface area contributed by atoms with E-state index < -0.39 is 0 Å². The molecule has 0 bridgehead atoms. The number of hydrogen-bond acceptors (Lipinski definition) is 2. The highest BCUT2D eigenvalue weighted by atomic mass is 15.1. The molecule has 0 unspecified atom stereocenters. The molecule has 0 spiro atoms.